The summed E-state index contributed by atoms with van der Waals surface area (Å²) in [6.45, 7) is 0.113. The number of hydrogen-bond acceptors (Lipinski definition) is 7. The maximum atomic E-state index is 14.4. The van der Waals surface area contributed by atoms with E-state index in [2.05, 4.69) is 0 Å². The number of fused-ring (bicyclic) bond motifs is 4. The fourth-order valence-electron chi connectivity index (χ4n) is 7.70. The highest BCUT2D eigenvalue weighted by molar-refractivity contribution is 6.58. The maximum Gasteiger partial charge on any atom is 0.303 e. The van der Waals surface area contributed by atoms with Crippen LogP contribution >= 0.6 is 34.8 Å². The van der Waals surface area contributed by atoms with Crippen LogP contribution in [0.1, 0.15) is 50.0 Å². The van der Waals surface area contributed by atoms with Crippen molar-refractivity contribution in [3.05, 3.63) is 64.5 Å². The molecule has 3 fully saturated rings. The number of rotatable bonds is 9. The van der Waals surface area contributed by atoms with Crippen LogP contribution in [0.5, 0.6) is 11.5 Å². The number of alkyl halides is 2. The van der Waals surface area contributed by atoms with Crippen molar-refractivity contribution < 1.29 is 43.3 Å². The Hall–Kier alpha value is -3.67. The van der Waals surface area contributed by atoms with E-state index in [0.29, 0.717) is 24.8 Å². The molecule has 0 aromatic heterocycles. The largest absolute Gasteiger partial charge is 0.503 e. The number of methoxy groups -OCH3 is 1. The van der Waals surface area contributed by atoms with Gasteiger partial charge in [-0.2, -0.15) is 0 Å². The fourth-order valence-corrected chi connectivity index (χ4v) is 8.85. The first kappa shape index (κ1) is 33.2. The summed E-state index contributed by atoms with van der Waals surface area (Å²) < 4.78 is 19.2. The van der Waals surface area contributed by atoms with Crippen LogP contribution in [0, 0.1) is 23.6 Å². The lowest BCUT2D eigenvalue weighted by Crippen LogP contribution is -2.60. The number of phenols is 1. The minimum Gasteiger partial charge on any atom is -0.503 e. The number of carboxylic acid groups (broad SMARTS) is 1. The van der Waals surface area contributed by atoms with Gasteiger partial charge in [0.1, 0.15) is 5.82 Å². The first-order chi connectivity index (χ1) is 22.3. The van der Waals surface area contributed by atoms with Crippen molar-refractivity contribution >= 4 is 70.1 Å². The van der Waals surface area contributed by atoms with E-state index in [9.17, 15) is 33.5 Å². The van der Waals surface area contributed by atoms with Crippen molar-refractivity contribution in [2.75, 3.05) is 18.6 Å². The smallest absolute Gasteiger partial charge is 0.303 e. The number of ether oxygens (including phenoxy) is 1. The molecule has 2 N–H and O–H groups in total. The number of imide groups is 2. The second-order valence-corrected chi connectivity index (χ2v) is 14.0. The lowest BCUT2D eigenvalue weighted by molar-refractivity contribution is -0.141. The van der Waals surface area contributed by atoms with Crippen molar-refractivity contribution in [1.82, 2.24) is 4.90 Å². The summed E-state index contributed by atoms with van der Waals surface area (Å²) in [4.78, 5) is 64.9. The van der Waals surface area contributed by atoms with Gasteiger partial charge in [-0.3, -0.25) is 28.9 Å². The lowest BCUT2D eigenvalue weighted by atomic mass is 9.56. The number of carbonyl (C=O) groups is 5. The molecular formula is C33H30Cl3FN2O8. The van der Waals surface area contributed by atoms with Crippen molar-refractivity contribution in [1.29, 1.82) is 0 Å². The Morgan fingerprint density at radius 3 is 2.38 bits per heavy atom. The summed E-state index contributed by atoms with van der Waals surface area (Å²) >= 11 is 21.1. The number of likely N-dealkylation sites (tertiary alicyclic amines) is 1. The zero-order valence-corrected chi connectivity index (χ0v) is 27.3. The Balaban J connectivity index is 1.45. The molecule has 47 heavy (non-hydrogen) atoms. The summed E-state index contributed by atoms with van der Waals surface area (Å²) in [6, 6.07) is 7.53. The molecule has 1 saturated carbocycles. The zero-order valence-electron chi connectivity index (χ0n) is 25.1. The number of amides is 4. The van der Waals surface area contributed by atoms with E-state index in [1.807, 2.05) is 0 Å². The van der Waals surface area contributed by atoms with Crippen LogP contribution in [0.2, 0.25) is 5.02 Å². The summed E-state index contributed by atoms with van der Waals surface area (Å²) in [5.74, 6) is -8.04. The third-order valence-electron chi connectivity index (χ3n) is 9.86. The molecular weight excluding hydrogens is 678 g/mol. The topological polar surface area (TPSA) is 142 Å². The molecule has 2 aromatic rings. The van der Waals surface area contributed by atoms with Gasteiger partial charge in [-0.25, -0.2) is 9.29 Å². The van der Waals surface area contributed by atoms with E-state index in [1.165, 1.54) is 36.3 Å². The lowest BCUT2D eigenvalue weighted by Gasteiger charge is -2.50. The van der Waals surface area contributed by atoms with Crippen molar-refractivity contribution in [2.24, 2.45) is 17.8 Å². The number of nitrogens with zero attached hydrogens (tertiary/aromatic N) is 2. The van der Waals surface area contributed by atoms with Crippen LogP contribution in [0.3, 0.4) is 0 Å². The Morgan fingerprint density at radius 1 is 1.02 bits per heavy atom. The van der Waals surface area contributed by atoms with Gasteiger partial charge < -0.3 is 14.9 Å². The van der Waals surface area contributed by atoms with E-state index in [4.69, 9.17) is 44.6 Å². The molecule has 2 aromatic carbocycles. The second kappa shape index (κ2) is 12.1. The SMILES string of the molecule is COc1cc([C@H]2C3=CC[C@@H]4C(=O)N(CCCCCC(=O)O)C(=O)[C@@H]4[C@@H]3C[C@@]3(Cl)C(=O)N(c4ccc(F)cc4)C(=O)[C@@]23Cl)cc(Cl)c1O. The molecule has 4 amide bonds. The molecule has 10 nitrogen and oxygen atoms in total. The van der Waals surface area contributed by atoms with Gasteiger partial charge in [0.05, 0.1) is 29.7 Å². The van der Waals surface area contributed by atoms with E-state index >= 15 is 0 Å². The first-order valence-electron chi connectivity index (χ1n) is 15.1. The summed E-state index contributed by atoms with van der Waals surface area (Å²) in [7, 11) is 1.31. The van der Waals surface area contributed by atoms with E-state index < -0.39 is 62.9 Å². The monoisotopic (exact) mass is 706 g/mol. The predicted octanol–water partition coefficient (Wildman–Crippen LogP) is 5.40. The van der Waals surface area contributed by atoms with Crippen LogP contribution in [0.4, 0.5) is 10.1 Å². The number of benzene rings is 2. The molecule has 248 valence electrons. The average Bonchev–Trinajstić information content (AvgIpc) is 3.36. The minimum absolute atomic E-state index is 0.0182. The molecule has 6 atom stereocenters. The van der Waals surface area contributed by atoms with Gasteiger partial charge in [0, 0.05) is 18.9 Å². The number of carboxylic acids is 1. The zero-order chi connectivity index (χ0) is 34.0. The summed E-state index contributed by atoms with van der Waals surface area (Å²) in [5, 5.41) is 19.3. The molecule has 4 aliphatic rings. The van der Waals surface area contributed by atoms with Crippen molar-refractivity contribution in [3.8, 4) is 11.5 Å². The first-order valence-corrected chi connectivity index (χ1v) is 16.2. The standard InChI is InChI=1S/C33H30Cl3FN2O8/c1-47-23-14-16(13-22(34)27(23)42)26-19-10-11-20-25(29(44)38(28(20)43)12-4-2-3-5-24(40)41)21(19)15-32(35)30(45)39(31(46)33(26,32)36)18-8-6-17(37)7-9-18/h6-10,13-14,20-21,25-26,42H,2-5,11-12,15H2,1H3,(H,40,41)/t20-,21+,25-,26-,32+,33-/m0/s1. The van der Waals surface area contributed by atoms with Gasteiger partial charge in [0.15, 0.2) is 21.2 Å². The number of halogens is 4. The van der Waals surface area contributed by atoms with Gasteiger partial charge in [-0.1, -0.05) is 29.7 Å². The maximum absolute atomic E-state index is 14.4. The Bertz CT molecular complexity index is 1730. The van der Waals surface area contributed by atoms with Gasteiger partial charge in [-0.15, -0.1) is 23.2 Å². The number of hydrogen-bond donors (Lipinski definition) is 2. The molecule has 14 heteroatoms. The number of aliphatic carboxylic acids is 1. The molecule has 0 radical (unpaired) electrons. The summed E-state index contributed by atoms with van der Waals surface area (Å²) in [5.41, 5.74) is 0.855. The van der Waals surface area contributed by atoms with Gasteiger partial charge in [0.2, 0.25) is 11.8 Å². The van der Waals surface area contributed by atoms with Crippen LogP contribution in [-0.4, -0.2) is 68.1 Å². The van der Waals surface area contributed by atoms with Crippen LogP contribution in [-0.2, 0) is 24.0 Å². The fraction of sp³-hybridized carbons (Fsp3) is 0.424. The number of unbranched alkanes of at least 4 members (excludes halogenated alkanes) is 2. The number of carbonyl (C=O) groups excluding carboxylic acids is 4. The van der Waals surface area contributed by atoms with Gasteiger partial charge in [-0.05, 0) is 73.6 Å². The molecule has 6 rings (SSSR count). The third-order valence-corrected chi connectivity index (χ3v) is 11.6. The molecule has 2 aliphatic carbocycles. The third kappa shape index (κ3) is 5.00. The van der Waals surface area contributed by atoms with E-state index in [0.717, 1.165) is 17.0 Å². The van der Waals surface area contributed by atoms with E-state index in [-0.39, 0.29) is 59.5 Å². The van der Waals surface area contributed by atoms with Crippen LogP contribution in [0.25, 0.3) is 0 Å². The highest BCUT2D eigenvalue weighted by atomic mass is 35.5. The van der Waals surface area contributed by atoms with Crippen molar-refractivity contribution in [3.63, 3.8) is 0 Å². The number of anilines is 1. The van der Waals surface area contributed by atoms with Crippen molar-refractivity contribution in [2.45, 2.75) is 54.2 Å². The minimum atomic E-state index is -2.17. The molecule has 0 spiro atoms. The number of phenolic OH excluding ortho intramolecular Hbond substituents is 1. The molecule has 0 unspecified atom stereocenters. The Morgan fingerprint density at radius 2 is 1.72 bits per heavy atom. The Labute approximate surface area is 284 Å². The number of aromatic hydroxyl groups is 1. The predicted molar refractivity (Wildman–Crippen MR) is 169 cm³/mol. The Kier molecular flexibility index (Phi) is 8.55. The molecule has 2 heterocycles. The summed E-state index contributed by atoms with van der Waals surface area (Å²) in [6.07, 6.45) is 2.99. The highest BCUT2D eigenvalue weighted by Crippen LogP contribution is 2.66. The van der Waals surface area contributed by atoms with E-state index in [1.54, 1.807) is 6.08 Å². The van der Waals surface area contributed by atoms with Gasteiger partial charge >= 0.3 is 5.97 Å². The number of allylic oxidation sites excluding steroid dienone is 2. The normalized spacial score (nSPS) is 29.9. The molecule has 0 bridgehead atoms. The average molecular weight is 708 g/mol. The molecule has 2 aliphatic heterocycles. The molecule has 2 saturated heterocycles. The second-order valence-electron chi connectivity index (χ2n) is 12.3. The van der Waals surface area contributed by atoms with Crippen LogP contribution in [0.15, 0.2) is 48.0 Å². The highest BCUT2D eigenvalue weighted by Gasteiger charge is 2.76. The van der Waals surface area contributed by atoms with Crippen LogP contribution < -0.4 is 9.64 Å². The van der Waals surface area contributed by atoms with Gasteiger partial charge in [0.25, 0.3) is 11.8 Å². The quantitative estimate of drug-likeness (QED) is 0.153.